The van der Waals surface area contributed by atoms with Gasteiger partial charge in [-0.2, -0.15) is 0 Å². The van der Waals surface area contributed by atoms with E-state index in [9.17, 15) is 5.11 Å². The van der Waals surface area contributed by atoms with Crippen molar-refractivity contribution in [2.75, 3.05) is 93.5 Å². The minimum absolute atomic E-state index is 0.167. The molecule has 0 atom stereocenters. The number of rotatable bonds is 23. The van der Waals surface area contributed by atoms with Crippen LogP contribution in [0.4, 0.5) is 0 Å². The van der Waals surface area contributed by atoms with Crippen LogP contribution in [0.15, 0.2) is 30.5 Å². The average Bonchev–Trinajstić information content (AvgIpc) is 2.93. The molecule has 0 aliphatic rings. The van der Waals surface area contributed by atoms with Gasteiger partial charge in [0.1, 0.15) is 12.4 Å². The summed E-state index contributed by atoms with van der Waals surface area (Å²) in [6.45, 7) is 6.13. The second-order valence-electron chi connectivity index (χ2n) is 7.70. The first-order valence-corrected chi connectivity index (χ1v) is 12.3. The van der Waals surface area contributed by atoms with Crippen LogP contribution in [-0.2, 0) is 46.4 Å². The molecule has 37 heavy (non-hydrogen) atoms. The normalized spacial score (nSPS) is 11.2. The molecule has 0 aliphatic heterocycles. The summed E-state index contributed by atoms with van der Waals surface area (Å²) in [5, 5.41) is 9.44. The van der Waals surface area contributed by atoms with Gasteiger partial charge in [0.15, 0.2) is 5.82 Å². The third-order valence-electron chi connectivity index (χ3n) is 4.90. The monoisotopic (exact) mass is 524 g/mol. The van der Waals surface area contributed by atoms with E-state index >= 15 is 0 Å². The van der Waals surface area contributed by atoms with Crippen molar-refractivity contribution in [3.05, 3.63) is 41.7 Å². The van der Waals surface area contributed by atoms with Crippen molar-refractivity contribution >= 4 is 0 Å². The molecule has 0 saturated carbocycles. The lowest BCUT2D eigenvalue weighted by Crippen LogP contribution is -2.13. The number of nitrogens with zero attached hydrogens (tertiary/aromatic N) is 2. The average molecular weight is 525 g/mol. The Kier molecular flexibility index (Phi) is 17.4. The molecule has 0 radical (unpaired) electrons. The first-order chi connectivity index (χ1) is 18.3. The molecule has 0 aliphatic carbocycles. The van der Waals surface area contributed by atoms with E-state index in [-0.39, 0.29) is 6.61 Å². The van der Waals surface area contributed by atoms with Gasteiger partial charge in [-0.15, -0.1) is 0 Å². The number of aliphatic hydroxyl groups excluding tert-OH is 1. The van der Waals surface area contributed by atoms with Gasteiger partial charge in [0.2, 0.25) is 0 Å². The molecule has 0 bridgehead atoms. The molecule has 1 heterocycles. The van der Waals surface area contributed by atoms with Crippen LogP contribution in [0.5, 0.6) is 5.75 Å². The summed E-state index contributed by atoms with van der Waals surface area (Å²) in [6.07, 6.45) is 1.62. The lowest BCUT2D eigenvalue weighted by atomic mass is 10.1. The molecule has 1 aromatic heterocycles. The lowest BCUT2D eigenvalue weighted by Gasteiger charge is -2.14. The van der Waals surface area contributed by atoms with Crippen LogP contribution < -0.4 is 4.74 Å². The predicted octanol–water partition coefficient (Wildman–Crippen LogP) is 1.89. The van der Waals surface area contributed by atoms with E-state index in [1.165, 1.54) is 0 Å². The van der Waals surface area contributed by atoms with Crippen molar-refractivity contribution in [2.45, 2.75) is 13.2 Å². The lowest BCUT2D eigenvalue weighted by molar-refractivity contribution is 0.000834. The van der Waals surface area contributed by atoms with Crippen LogP contribution in [0, 0.1) is 0 Å². The highest BCUT2D eigenvalue weighted by atomic mass is 16.6. The summed E-state index contributed by atoms with van der Waals surface area (Å²) < 4.78 is 43.4. The van der Waals surface area contributed by atoms with Gasteiger partial charge in [-0.05, 0) is 23.8 Å². The molecule has 0 spiro atoms. The fraction of sp³-hybridized carbons (Fsp3) is 0.615. The minimum atomic E-state index is -0.167. The number of hydrogen-bond acceptors (Lipinski definition) is 11. The van der Waals surface area contributed by atoms with Crippen molar-refractivity contribution in [2.24, 2.45) is 0 Å². The zero-order chi connectivity index (χ0) is 26.4. The molecule has 0 amide bonds. The quantitative estimate of drug-likeness (QED) is 0.215. The maximum Gasteiger partial charge on any atom is 0.163 e. The fourth-order valence-electron chi connectivity index (χ4n) is 3.02. The molecule has 11 heteroatoms. The van der Waals surface area contributed by atoms with E-state index in [1.54, 1.807) is 26.5 Å². The summed E-state index contributed by atoms with van der Waals surface area (Å²) in [6, 6.07) is 7.41. The summed E-state index contributed by atoms with van der Waals surface area (Å²) >= 11 is 0. The highest BCUT2D eigenvalue weighted by Crippen LogP contribution is 2.29. The molecule has 1 N–H and O–H groups in total. The molecular weight excluding hydrogens is 484 g/mol. The molecule has 0 fully saturated rings. The van der Waals surface area contributed by atoms with Gasteiger partial charge in [-0.3, -0.25) is 0 Å². The summed E-state index contributed by atoms with van der Waals surface area (Å²) in [4.78, 5) is 8.75. The Morgan fingerprint density at radius 3 is 1.84 bits per heavy atom. The van der Waals surface area contributed by atoms with Crippen molar-refractivity contribution in [1.29, 1.82) is 0 Å². The maximum atomic E-state index is 9.44. The number of aromatic nitrogens is 2. The first-order valence-electron chi connectivity index (χ1n) is 12.3. The number of hydrogen-bond donors (Lipinski definition) is 1. The zero-order valence-corrected chi connectivity index (χ0v) is 21.9. The van der Waals surface area contributed by atoms with Gasteiger partial charge in [0.05, 0.1) is 97.1 Å². The molecule has 2 rings (SSSR count). The van der Waals surface area contributed by atoms with Gasteiger partial charge < -0.3 is 43.0 Å². The van der Waals surface area contributed by atoms with E-state index in [0.717, 1.165) is 11.1 Å². The highest BCUT2D eigenvalue weighted by Gasteiger charge is 2.12. The smallest absolute Gasteiger partial charge is 0.163 e. The Hall–Kier alpha value is -2.22. The van der Waals surface area contributed by atoms with Gasteiger partial charge in [-0.25, -0.2) is 9.97 Å². The van der Waals surface area contributed by atoms with Gasteiger partial charge in [0.25, 0.3) is 0 Å². The summed E-state index contributed by atoms with van der Waals surface area (Å²) in [5.74, 6) is 1.09. The van der Waals surface area contributed by atoms with Crippen LogP contribution in [0.1, 0.15) is 11.3 Å². The molecule has 2 aromatic rings. The Morgan fingerprint density at radius 2 is 1.24 bits per heavy atom. The second kappa shape index (κ2) is 20.8. The molecule has 11 nitrogen and oxygen atoms in total. The standard InChI is InChI=1S/C26H40N2O9/c1-30-7-9-32-11-13-34-15-16-36-21-22-3-4-24(26-27-6-5-23(20-29)28-26)25(19-22)37-18-17-35-14-12-33-10-8-31-2/h3-6,19,29H,7-18,20-21H2,1-2H3. The number of aliphatic hydroxyl groups is 1. The Balaban J connectivity index is 1.82. The Bertz CT molecular complexity index is 841. The molecule has 1 aromatic carbocycles. The van der Waals surface area contributed by atoms with E-state index in [1.807, 2.05) is 18.2 Å². The molecule has 0 saturated heterocycles. The van der Waals surface area contributed by atoms with Crippen LogP contribution in [0.3, 0.4) is 0 Å². The van der Waals surface area contributed by atoms with Crippen LogP contribution >= 0.6 is 0 Å². The number of ether oxygens (including phenoxy) is 8. The largest absolute Gasteiger partial charge is 0.490 e. The van der Waals surface area contributed by atoms with Crippen LogP contribution in [0.25, 0.3) is 11.4 Å². The van der Waals surface area contributed by atoms with Crippen molar-refractivity contribution in [3.63, 3.8) is 0 Å². The van der Waals surface area contributed by atoms with E-state index in [4.69, 9.17) is 37.9 Å². The van der Waals surface area contributed by atoms with Crippen LogP contribution in [-0.4, -0.2) is 109 Å². The fourth-order valence-corrected chi connectivity index (χ4v) is 3.02. The topological polar surface area (TPSA) is 120 Å². The van der Waals surface area contributed by atoms with Gasteiger partial charge >= 0.3 is 0 Å². The SMILES string of the molecule is COCCOCCOCCOCc1ccc(-c2nccc(CO)n2)c(OCCOCCOCCOC)c1. The van der Waals surface area contributed by atoms with Crippen molar-refractivity contribution in [1.82, 2.24) is 9.97 Å². The van der Waals surface area contributed by atoms with Gasteiger partial charge in [-0.1, -0.05) is 6.07 Å². The minimum Gasteiger partial charge on any atom is -0.490 e. The zero-order valence-electron chi connectivity index (χ0n) is 21.9. The van der Waals surface area contributed by atoms with Crippen molar-refractivity contribution in [3.8, 4) is 17.1 Å². The molecular formula is C26H40N2O9. The number of benzene rings is 1. The van der Waals surface area contributed by atoms with E-state index < -0.39 is 0 Å². The number of methoxy groups -OCH3 is 2. The van der Waals surface area contributed by atoms with Crippen molar-refractivity contribution < 1.29 is 43.0 Å². The van der Waals surface area contributed by atoms with Gasteiger partial charge in [0, 0.05) is 20.4 Å². The first kappa shape index (κ1) is 31.0. The molecule has 0 unspecified atom stereocenters. The third kappa shape index (κ3) is 13.8. The van der Waals surface area contributed by atoms with Crippen LogP contribution in [0.2, 0.25) is 0 Å². The highest BCUT2D eigenvalue weighted by molar-refractivity contribution is 5.64. The second-order valence-corrected chi connectivity index (χ2v) is 7.70. The third-order valence-corrected chi connectivity index (χ3v) is 4.90. The Labute approximate surface area is 218 Å². The van der Waals surface area contributed by atoms with E-state index in [2.05, 4.69) is 9.97 Å². The van der Waals surface area contributed by atoms with E-state index in [0.29, 0.717) is 103 Å². The molecule has 208 valence electrons. The summed E-state index contributed by atoms with van der Waals surface area (Å²) in [7, 11) is 3.27. The predicted molar refractivity (Wildman–Crippen MR) is 136 cm³/mol. The maximum absolute atomic E-state index is 9.44. The Morgan fingerprint density at radius 1 is 0.676 bits per heavy atom. The summed E-state index contributed by atoms with van der Waals surface area (Å²) in [5.41, 5.74) is 2.19.